The van der Waals surface area contributed by atoms with Crippen LogP contribution in [0, 0.1) is 11.3 Å². The van der Waals surface area contributed by atoms with E-state index in [1.165, 1.54) is 0 Å². The third-order valence-electron chi connectivity index (χ3n) is 2.07. The molecule has 64 valence electrons. The van der Waals surface area contributed by atoms with Gasteiger partial charge in [-0.3, -0.25) is 4.98 Å². The van der Waals surface area contributed by atoms with Gasteiger partial charge in [0.2, 0.25) is 0 Å². The minimum atomic E-state index is -0.136. The highest BCUT2D eigenvalue weighted by molar-refractivity contribution is 5.80. The van der Waals surface area contributed by atoms with Crippen LogP contribution >= 0.6 is 0 Å². The van der Waals surface area contributed by atoms with E-state index in [1.807, 2.05) is 13.0 Å². The molecule has 0 fully saturated rings. The largest absolute Gasteiger partial charge is 0.462 e. The van der Waals surface area contributed by atoms with Crippen LogP contribution in [0.3, 0.4) is 0 Å². The lowest BCUT2D eigenvalue weighted by Gasteiger charge is -1.96. The molecule has 2 aromatic rings. The normalized spacial score (nSPS) is 12.6. The van der Waals surface area contributed by atoms with Gasteiger partial charge in [-0.15, -0.1) is 0 Å². The Labute approximate surface area is 75.6 Å². The average molecular weight is 172 g/mol. The first-order chi connectivity index (χ1) is 6.33. The minimum Gasteiger partial charge on any atom is -0.462 e. The van der Waals surface area contributed by atoms with Crippen LogP contribution in [0.2, 0.25) is 0 Å². The number of furan rings is 1. The maximum Gasteiger partial charge on any atom is 0.152 e. The van der Waals surface area contributed by atoms with E-state index in [1.54, 1.807) is 18.7 Å². The number of rotatable bonds is 1. The second kappa shape index (κ2) is 2.91. The van der Waals surface area contributed by atoms with E-state index in [0.29, 0.717) is 0 Å². The van der Waals surface area contributed by atoms with E-state index >= 15 is 0 Å². The number of pyridine rings is 1. The Hall–Kier alpha value is -1.82. The first kappa shape index (κ1) is 7.81. The zero-order valence-electron chi connectivity index (χ0n) is 7.19. The van der Waals surface area contributed by atoms with Gasteiger partial charge in [0.25, 0.3) is 0 Å². The number of nitriles is 1. The lowest BCUT2D eigenvalue weighted by molar-refractivity contribution is 0.608. The smallest absolute Gasteiger partial charge is 0.152 e. The molecule has 0 N–H and O–H groups in total. The number of aromatic nitrogens is 1. The zero-order valence-corrected chi connectivity index (χ0v) is 7.19. The van der Waals surface area contributed by atoms with Gasteiger partial charge < -0.3 is 4.42 Å². The zero-order chi connectivity index (χ0) is 9.26. The Morgan fingerprint density at radius 2 is 2.46 bits per heavy atom. The first-order valence-corrected chi connectivity index (χ1v) is 4.03. The molecule has 3 nitrogen and oxygen atoms in total. The van der Waals surface area contributed by atoms with Crippen molar-refractivity contribution in [2.75, 3.05) is 0 Å². The van der Waals surface area contributed by atoms with Crippen molar-refractivity contribution in [2.45, 2.75) is 12.8 Å². The van der Waals surface area contributed by atoms with Gasteiger partial charge in [-0.1, -0.05) is 0 Å². The quantitative estimate of drug-likeness (QED) is 0.663. The fourth-order valence-corrected chi connectivity index (χ4v) is 1.31. The molecule has 1 unspecified atom stereocenters. The molecule has 0 saturated heterocycles. The van der Waals surface area contributed by atoms with E-state index in [9.17, 15) is 0 Å². The monoisotopic (exact) mass is 172 g/mol. The second-order valence-corrected chi connectivity index (χ2v) is 2.91. The van der Waals surface area contributed by atoms with Crippen molar-refractivity contribution in [3.8, 4) is 6.07 Å². The van der Waals surface area contributed by atoms with Gasteiger partial charge in [0, 0.05) is 17.1 Å². The SMILES string of the molecule is CC(C#N)c1coc2cnccc12. The Morgan fingerprint density at radius 3 is 3.23 bits per heavy atom. The molecule has 3 heteroatoms. The number of hydrogen-bond donors (Lipinski definition) is 0. The molecule has 2 rings (SSSR count). The Balaban J connectivity index is 2.66. The molecule has 13 heavy (non-hydrogen) atoms. The standard InChI is InChI=1S/C10H8N2O/c1-7(4-11)9-6-13-10-5-12-3-2-8(9)10/h2-3,5-7H,1H3. The van der Waals surface area contributed by atoms with Crippen LogP contribution in [0.5, 0.6) is 0 Å². The van der Waals surface area contributed by atoms with Crippen LogP contribution in [-0.4, -0.2) is 4.98 Å². The lowest BCUT2D eigenvalue weighted by Crippen LogP contribution is -1.86. The number of nitrogens with zero attached hydrogens (tertiary/aromatic N) is 2. The van der Waals surface area contributed by atoms with Gasteiger partial charge in [0.15, 0.2) is 5.58 Å². The highest BCUT2D eigenvalue weighted by Crippen LogP contribution is 2.25. The highest BCUT2D eigenvalue weighted by atomic mass is 16.3. The van der Waals surface area contributed by atoms with E-state index in [0.717, 1.165) is 16.5 Å². The molecule has 0 bridgehead atoms. The summed E-state index contributed by atoms with van der Waals surface area (Å²) >= 11 is 0. The summed E-state index contributed by atoms with van der Waals surface area (Å²) < 4.78 is 5.26. The topological polar surface area (TPSA) is 49.8 Å². The highest BCUT2D eigenvalue weighted by Gasteiger charge is 2.11. The van der Waals surface area contributed by atoms with Crippen LogP contribution < -0.4 is 0 Å². The molecule has 0 aliphatic heterocycles. The van der Waals surface area contributed by atoms with Crippen molar-refractivity contribution >= 4 is 11.0 Å². The maximum atomic E-state index is 8.76. The van der Waals surface area contributed by atoms with Crippen molar-refractivity contribution in [1.29, 1.82) is 5.26 Å². The third kappa shape index (κ3) is 1.17. The fraction of sp³-hybridized carbons (Fsp3) is 0.200. The molecule has 0 aliphatic rings. The molecule has 0 amide bonds. The van der Waals surface area contributed by atoms with Crippen molar-refractivity contribution < 1.29 is 4.42 Å². The lowest BCUT2D eigenvalue weighted by atomic mass is 10.0. The summed E-state index contributed by atoms with van der Waals surface area (Å²) in [6, 6.07) is 4.04. The summed E-state index contributed by atoms with van der Waals surface area (Å²) in [6.45, 7) is 1.85. The first-order valence-electron chi connectivity index (χ1n) is 4.03. The maximum absolute atomic E-state index is 8.76. The molecule has 0 radical (unpaired) electrons. The average Bonchev–Trinajstić information content (AvgIpc) is 2.60. The van der Waals surface area contributed by atoms with Gasteiger partial charge >= 0.3 is 0 Å². The molecule has 0 aromatic carbocycles. The van der Waals surface area contributed by atoms with Crippen LogP contribution in [0.1, 0.15) is 18.4 Å². The van der Waals surface area contributed by atoms with E-state index in [4.69, 9.17) is 9.68 Å². The third-order valence-corrected chi connectivity index (χ3v) is 2.07. The molecular weight excluding hydrogens is 164 g/mol. The van der Waals surface area contributed by atoms with Crippen LogP contribution in [0.4, 0.5) is 0 Å². The van der Waals surface area contributed by atoms with Gasteiger partial charge in [-0.05, 0) is 13.0 Å². The predicted octanol–water partition coefficient (Wildman–Crippen LogP) is 2.45. The van der Waals surface area contributed by atoms with Gasteiger partial charge in [0.05, 0.1) is 24.4 Å². The molecule has 2 aromatic heterocycles. The van der Waals surface area contributed by atoms with Gasteiger partial charge in [0.1, 0.15) is 0 Å². The van der Waals surface area contributed by atoms with Gasteiger partial charge in [-0.25, -0.2) is 0 Å². The van der Waals surface area contributed by atoms with Crippen LogP contribution in [0.25, 0.3) is 11.0 Å². The minimum absolute atomic E-state index is 0.136. The summed E-state index contributed by atoms with van der Waals surface area (Å²) in [6.07, 6.45) is 4.98. The number of fused-ring (bicyclic) bond motifs is 1. The molecule has 0 spiro atoms. The molecule has 1 atom stereocenters. The summed E-state index contributed by atoms with van der Waals surface area (Å²) in [4.78, 5) is 3.93. The van der Waals surface area contributed by atoms with E-state index < -0.39 is 0 Å². The molecule has 0 aliphatic carbocycles. The summed E-state index contributed by atoms with van der Waals surface area (Å²) in [7, 11) is 0. The van der Waals surface area contributed by atoms with Crippen molar-refractivity contribution in [1.82, 2.24) is 4.98 Å². The second-order valence-electron chi connectivity index (χ2n) is 2.91. The van der Waals surface area contributed by atoms with Gasteiger partial charge in [-0.2, -0.15) is 5.26 Å². The molecule has 0 saturated carbocycles. The predicted molar refractivity (Wildman–Crippen MR) is 48.0 cm³/mol. The Morgan fingerprint density at radius 1 is 1.62 bits per heavy atom. The van der Waals surface area contributed by atoms with Crippen LogP contribution in [-0.2, 0) is 0 Å². The fourth-order valence-electron chi connectivity index (χ4n) is 1.31. The molecular formula is C10H8N2O. The summed E-state index contributed by atoms with van der Waals surface area (Å²) in [5.41, 5.74) is 1.67. The van der Waals surface area contributed by atoms with E-state index in [-0.39, 0.29) is 5.92 Å². The van der Waals surface area contributed by atoms with Crippen LogP contribution in [0.15, 0.2) is 29.1 Å². The Kier molecular flexibility index (Phi) is 1.75. The van der Waals surface area contributed by atoms with Crippen molar-refractivity contribution in [2.24, 2.45) is 0 Å². The van der Waals surface area contributed by atoms with Crippen molar-refractivity contribution in [3.63, 3.8) is 0 Å². The summed E-state index contributed by atoms with van der Waals surface area (Å²) in [5.74, 6) is -0.136. The Bertz CT molecular complexity index is 467. The number of hydrogen-bond acceptors (Lipinski definition) is 3. The van der Waals surface area contributed by atoms with E-state index in [2.05, 4.69) is 11.1 Å². The molecule has 2 heterocycles. The van der Waals surface area contributed by atoms with Crippen molar-refractivity contribution in [3.05, 3.63) is 30.3 Å². The summed E-state index contributed by atoms with van der Waals surface area (Å²) in [5, 5.41) is 9.73.